The number of H-pyrrole nitrogens is 1. The number of para-hydroxylation sites is 2. The van der Waals surface area contributed by atoms with Crippen LogP contribution in [0.3, 0.4) is 0 Å². The highest BCUT2D eigenvalue weighted by atomic mass is 16.5. The van der Waals surface area contributed by atoms with Gasteiger partial charge in [-0.1, -0.05) is 12.1 Å². The number of phenols is 1. The molecule has 0 aliphatic carbocycles. The molecule has 0 bridgehead atoms. The number of ether oxygens (including phenoxy) is 1. The first-order valence-electron chi connectivity index (χ1n) is 8.09. The van der Waals surface area contributed by atoms with E-state index >= 15 is 0 Å². The molecule has 0 unspecified atom stereocenters. The largest absolute Gasteiger partial charge is 0.506 e. The van der Waals surface area contributed by atoms with Gasteiger partial charge in [0.2, 0.25) is 0 Å². The van der Waals surface area contributed by atoms with E-state index in [0.717, 1.165) is 22.2 Å². The summed E-state index contributed by atoms with van der Waals surface area (Å²) in [6, 6.07) is 11.9. The van der Waals surface area contributed by atoms with Crippen LogP contribution < -0.4 is 15.4 Å². The van der Waals surface area contributed by atoms with Gasteiger partial charge in [-0.15, -0.1) is 0 Å². The maximum absolute atomic E-state index is 11.9. The van der Waals surface area contributed by atoms with Gasteiger partial charge >= 0.3 is 11.8 Å². The highest BCUT2D eigenvalue weighted by molar-refractivity contribution is 6.39. The van der Waals surface area contributed by atoms with Gasteiger partial charge in [-0.2, -0.15) is 0 Å². The minimum Gasteiger partial charge on any atom is -0.506 e. The molecule has 0 saturated carbocycles. The van der Waals surface area contributed by atoms with Crippen LogP contribution in [0.15, 0.2) is 48.7 Å². The predicted octanol–water partition coefficient (Wildman–Crippen LogP) is 2.18. The first kappa shape index (κ1) is 17.3. The van der Waals surface area contributed by atoms with Gasteiger partial charge in [-0.3, -0.25) is 9.59 Å². The van der Waals surface area contributed by atoms with Crippen LogP contribution in [0, 0.1) is 0 Å². The number of carbonyl (C=O) groups is 2. The molecule has 0 fully saturated rings. The Hall–Kier alpha value is -3.48. The van der Waals surface area contributed by atoms with E-state index in [4.69, 9.17) is 4.74 Å². The van der Waals surface area contributed by atoms with Crippen molar-refractivity contribution in [2.24, 2.45) is 0 Å². The molecule has 1 aromatic heterocycles. The number of methoxy groups -OCH3 is 1. The number of benzene rings is 2. The molecule has 3 rings (SSSR count). The Balaban J connectivity index is 1.57. The minimum absolute atomic E-state index is 0.0959. The second kappa shape index (κ2) is 7.60. The number of hydrogen-bond acceptors (Lipinski definition) is 4. The molecule has 134 valence electrons. The van der Waals surface area contributed by atoms with Crippen LogP contribution in [0.1, 0.15) is 5.56 Å². The highest BCUT2D eigenvalue weighted by Gasteiger charge is 2.15. The van der Waals surface area contributed by atoms with Crippen molar-refractivity contribution in [2.75, 3.05) is 19.0 Å². The van der Waals surface area contributed by atoms with Gasteiger partial charge in [0, 0.05) is 23.6 Å². The topological polar surface area (TPSA) is 103 Å². The van der Waals surface area contributed by atoms with Gasteiger partial charge in [0.1, 0.15) is 11.5 Å². The number of fused-ring (bicyclic) bond motifs is 1. The van der Waals surface area contributed by atoms with Crippen molar-refractivity contribution in [1.82, 2.24) is 10.3 Å². The lowest BCUT2D eigenvalue weighted by Gasteiger charge is -2.07. The zero-order valence-electron chi connectivity index (χ0n) is 14.2. The van der Waals surface area contributed by atoms with E-state index in [0.29, 0.717) is 13.0 Å². The molecule has 0 aliphatic rings. The van der Waals surface area contributed by atoms with Gasteiger partial charge in [-0.25, -0.2) is 0 Å². The number of phenolic OH excluding ortho intramolecular Hbond substituents is 1. The Morgan fingerprint density at radius 3 is 2.73 bits per heavy atom. The van der Waals surface area contributed by atoms with Crippen molar-refractivity contribution in [3.05, 3.63) is 54.2 Å². The van der Waals surface area contributed by atoms with E-state index in [2.05, 4.69) is 15.6 Å². The number of aromatic nitrogens is 1. The van der Waals surface area contributed by atoms with Crippen LogP contribution in [-0.4, -0.2) is 35.6 Å². The summed E-state index contributed by atoms with van der Waals surface area (Å²) in [5, 5.41) is 15.6. The minimum atomic E-state index is -0.827. The molecule has 1 heterocycles. The van der Waals surface area contributed by atoms with E-state index in [1.54, 1.807) is 19.2 Å². The summed E-state index contributed by atoms with van der Waals surface area (Å²) in [5.41, 5.74) is 2.18. The van der Waals surface area contributed by atoms with Gasteiger partial charge in [0.25, 0.3) is 0 Å². The van der Waals surface area contributed by atoms with E-state index < -0.39 is 11.8 Å². The van der Waals surface area contributed by atoms with Crippen molar-refractivity contribution in [3.63, 3.8) is 0 Å². The Morgan fingerprint density at radius 1 is 1.15 bits per heavy atom. The number of aromatic hydroxyl groups is 1. The zero-order valence-corrected chi connectivity index (χ0v) is 14.2. The third-order valence-corrected chi connectivity index (χ3v) is 4.01. The Kier molecular flexibility index (Phi) is 5.07. The Bertz CT molecular complexity index is 949. The summed E-state index contributed by atoms with van der Waals surface area (Å²) in [6.07, 6.45) is 2.43. The average molecular weight is 353 g/mol. The van der Waals surface area contributed by atoms with Crippen molar-refractivity contribution in [3.8, 4) is 11.5 Å². The lowest BCUT2D eigenvalue weighted by Crippen LogP contribution is -2.36. The molecule has 7 nitrogen and oxygen atoms in total. The summed E-state index contributed by atoms with van der Waals surface area (Å²) in [7, 11) is 1.61. The predicted molar refractivity (Wildman–Crippen MR) is 98.3 cm³/mol. The van der Waals surface area contributed by atoms with Crippen molar-refractivity contribution >= 4 is 28.4 Å². The van der Waals surface area contributed by atoms with Crippen molar-refractivity contribution in [1.29, 1.82) is 0 Å². The molecular weight excluding hydrogens is 334 g/mol. The van der Waals surface area contributed by atoms with Crippen LogP contribution in [0.2, 0.25) is 0 Å². The first-order chi connectivity index (χ1) is 12.6. The van der Waals surface area contributed by atoms with Crippen LogP contribution in [0.5, 0.6) is 11.5 Å². The van der Waals surface area contributed by atoms with E-state index in [9.17, 15) is 14.7 Å². The highest BCUT2D eigenvalue weighted by Crippen LogP contribution is 2.24. The van der Waals surface area contributed by atoms with Crippen molar-refractivity contribution < 1.29 is 19.4 Å². The second-order valence-electron chi connectivity index (χ2n) is 5.70. The molecule has 0 aliphatic heterocycles. The second-order valence-corrected chi connectivity index (χ2v) is 5.70. The standard InChI is InChI=1S/C19H19N3O4/c1-26-13-6-7-15-14(10-13)12(11-21-15)8-9-20-18(24)19(25)22-16-4-2-3-5-17(16)23/h2-7,10-11,21,23H,8-9H2,1H3,(H,20,24)(H,22,25). The van der Waals surface area contributed by atoms with E-state index in [1.807, 2.05) is 24.4 Å². The first-order valence-corrected chi connectivity index (χ1v) is 8.09. The number of hydrogen-bond donors (Lipinski definition) is 4. The van der Waals surface area contributed by atoms with Gasteiger partial charge in [-0.05, 0) is 42.3 Å². The molecule has 0 atom stereocenters. The summed E-state index contributed by atoms with van der Waals surface area (Å²) in [6.45, 7) is 0.303. The molecule has 0 radical (unpaired) electrons. The third kappa shape index (κ3) is 3.77. The fourth-order valence-corrected chi connectivity index (χ4v) is 2.64. The van der Waals surface area contributed by atoms with E-state index in [-0.39, 0.29) is 11.4 Å². The van der Waals surface area contributed by atoms with Gasteiger partial charge in [0.05, 0.1) is 12.8 Å². The fraction of sp³-hybridized carbons (Fsp3) is 0.158. The average Bonchev–Trinajstić information content (AvgIpc) is 3.05. The number of rotatable bonds is 5. The van der Waals surface area contributed by atoms with Crippen LogP contribution >= 0.6 is 0 Å². The summed E-state index contributed by atoms with van der Waals surface area (Å²) in [5.74, 6) is -0.927. The molecule has 4 N–H and O–H groups in total. The monoisotopic (exact) mass is 353 g/mol. The van der Waals surface area contributed by atoms with Crippen LogP contribution in [0.4, 0.5) is 5.69 Å². The van der Waals surface area contributed by atoms with Crippen LogP contribution in [-0.2, 0) is 16.0 Å². The molecule has 26 heavy (non-hydrogen) atoms. The lowest BCUT2D eigenvalue weighted by molar-refractivity contribution is -0.136. The number of carbonyl (C=O) groups excluding carboxylic acids is 2. The van der Waals surface area contributed by atoms with Crippen LogP contribution in [0.25, 0.3) is 10.9 Å². The summed E-state index contributed by atoms with van der Waals surface area (Å²) in [4.78, 5) is 27.0. The SMILES string of the molecule is COc1ccc2[nH]cc(CCNC(=O)C(=O)Nc3ccccc3O)c2c1. The maximum atomic E-state index is 11.9. The molecule has 3 aromatic rings. The number of aromatic amines is 1. The smallest absolute Gasteiger partial charge is 0.313 e. The summed E-state index contributed by atoms with van der Waals surface area (Å²) >= 11 is 0. The molecule has 0 saturated heterocycles. The normalized spacial score (nSPS) is 10.5. The summed E-state index contributed by atoms with van der Waals surface area (Å²) < 4.78 is 5.23. The molecule has 7 heteroatoms. The van der Waals surface area contributed by atoms with Gasteiger partial charge in [0.15, 0.2) is 0 Å². The number of anilines is 1. The van der Waals surface area contributed by atoms with Crippen molar-refractivity contribution in [2.45, 2.75) is 6.42 Å². The zero-order chi connectivity index (χ0) is 18.5. The van der Waals surface area contributed by atoms with Gasteiger partial charge < -0.3 is 25.5 Å². The third-order valence-electron chi connectivity index (χ3n) is 4.01. The molecule has 0 spiro atoms. The molecular formula is C19H19N3O4. The molecule has 2 amide bonds. The maximum Gasteiger partial charge on any atom is 0.313 e. The van der Waals surface area contributed by atoms with E-state index in [1.165, 1.54) is 12.1 Å². The number of amides is 2. The fourth-order valence-electron chi connectivity index (χ4n) is 2.64. The quantitative estimate of drug-likeness (QED) is 0.417. The molecule has 2 aromatic carbocycles. The Morgan fingerprint density at radius 2 is 1.96 bits per heavy atom. The number of nitrogens with one attached hydrogen (secondary N) is 3. The lowest BCUT2D eigenvalue weighted by atomic mass is 10.1. The Labute approximate surface area is 150 Å².